The van der Waals surface area contributed by atoms with Gasteiger partial charge in [0.1, 0.15) is 0 Å². The molecule has 20 heavy (non-hydrogen) atoms. The summed E-state index contributed by atoms with van der Waals surface area (Å²) >= 11 is 0. The molecule has 6 heteroatoms. The Hall–Kier alpha value is -2.63. The van der Waals surface area contributed by atoms with E-state index in [-0.39, 0.29) is 0 Å². The number of nitrogens with zero attached hydrogens (tertiary/aromatic N) is 5. The summed E-state index contributed by atoms with van der Waals surface area (Å²) in [5, 5.41) is 4.12. The minimum Gasteiger partial charge on any atom is -0.373 e. The predicted molar refractivity (Wildman–Crippen MR) is 78.6 cm³/mol. The van der Waals surface area contributed by atoms with Crippen molar-refractivity contribution in [1.82, 2.24) is 19.6 Å². The number of rotatable bonds is 4. The molecule has 102 valence electrons. The summed E-state index contributed by atoms with van der Waals surface area (Å²) in [4.78, 5) is 10.3. The van der Waals surface area contributed by atoms with Crippen LogP contribution >= 0.6 is 0 Å². The molecule has 0 aliphatic carbocycles. The molecular weight excluding hydrogens is 252 g/mol. The first-order valence-corrected chi connectivity index (χ1v) is 6.44. The highest BCUT2D eigenvalue weighted by Gasteiger charge is 2.05. The summed E-state index contributed by atoms with van der Waals surface area (Å²) in [5.74, 6) is 0.293. The molecule has 3 aromatic heterocycles. The Morgan fingerprint density at radius 3 is 2.80 bits per heavy atom. The lowest BCUT2D eigenvalue weighted by atomic mass is 10.2. The van der Waals surface area contributed by atoms with Crippen LogP contribution in [0.2, 0.25) is 0 Å². The van der Waals surface area contributed by atoms with Crippen molar-refractivity contribution in [2.75, 3.05) is 24.2 Å². The number of fused-ring (bicyclic) bond motifs is 1. The molecule has 0 spiro atoms. The predicted octanol–water partition coefficient (Wildman–Crippen LogP) is 1.39. The van der Waals surface area contributed by atoms with Gasteiger partial charge < -0.3 is 10.6 Å². The molecule has 0 bridgehead atoms. The number of likely N-dealkylation sites (N-methyl/N-ethyl adjacent to an activating group) is 1. The van der Waals surface area contributed by atoms with Gasteiger partial charge in [-0.3, -0.25) is 4.98 Å². The fourth-order valence-electron chi connectivity index (χ4n) is 2.09. The van der Waals surface area contributed by atoms with E-state index >= 15 is 0 Å². The molecule has 0 radical (unpaired) electrons. The number of nitrogens with two attached hydrogens (primary N) is 1. The number of nitrogen functional groups attached to an aromatic ring is 1. The molecule has 6 nitrogen and oxygen atoms in total. The second-order valence-corrected chi connectivity index (χ2v) is 4.69. The molecule has 0 amide bonds. The standard InChI is InChI=1S/C14H16N6/c1-19(9-6-11-4-7-16-8-5-11)12-2-3-13-17-14(15)18-20(13)10-12/h2-5,7-8,10H,6,9H2,1H3,(H2,15,18). The average molecular weight is 268 g/mol. The molecule has 2 N–H and O–H groups in total. The van der Waals surface area contributed by atoms with Crippen molar-refractivity contribution in [2.24, 2.45) is 0 Å². The van der Waals surface area contributed by atoms with E-state index in [0.717, 1.165) is 24.3 Å². The Labute approximate surface area is 116 Å². The Balaban J connectivity index is 1.73. The fourth-order valence-corrected chi connectivity index (χ4v) is 2.09. The van der Waals surface area contributed by atoms with E-state index in [9.17, 15) is 0 Å². The van der Waals surface area contributed by atoms with Crippen LogP contribution in [0.4, 0.5) is 11.6 Å². The Morgan fingerprint density at radius 1 is 1.20 bits per heavy atom. The van der Waals surface area contributed by atoms with Crippen LogP contribution in [0.5, 0.6) is 0 Å². The number of anilines is 2. The van der Waals surface area contributed by atoms with Crippen LogP contribution in [0.25, 0.3) is 5.65 Å². The van der Waals surface area contributed by atoms with E-state index in [1.165, 1.54) is 5.56 Å². The lowest BCUT2D eigenvalue weighted by Crippen LogP contribution is -2.20. The Bertz CT molecular complexity index is 706. The molecule has 0 fully saturated rings. The first-order valence-electron chi connectivity index (χ1n) is 6.44. The average Bonchev–Trinajstić information content (AvgIpc) is 2.85. The van der Waals surface area contributed by atoms with Crippen LogP contribution in [0, 0.1) is 0 Å². The van der Waals surface area contributed by atoms with Crippen molar-refractivity contribution in [3.63, 3.8) is 0 Å². The van der Waals surface area contributed by atoms with Crippen molar-refractivity contribution in [3.8, 4) is 0 Å². The maximum absolute atomic E-state index is 5.59. The largest absolute Gasteiger partial charge is 0.373 e. The van der Waals surface area contributed by atoms with Gasteiger partial charge in [0.25, 0.3) is 0 Å². The van der Waals surface area contributed by atoms with Crippen molar-refractivity contribution in [2.45, 2.75) is 6.42 Å². The number of pyridine rings is 2. The van der Waals surface area contributed by atoms with E-state index in [2.05, 4.69) is 27.0 Å². The summed E-state index contributed by atoms with van der Waals surface area (Å²) in [6.45, 7) is 0.916. The van der Waals surface area contributed by atoms with Gasteiger partial charge in [-0.1, -0.05) is 0 Å². The first-order chi connectivity index (χ1) is 9.72. The smallest absolute Gasteiger partial charge is 0.240 e. The lowest BCUT2D eigenvalue weighted by Gasteiger charge is -2.19. The second kappa shape index (κ2) is 5.16. The summed E-state index contributed by atoms with van der Waals surface area (Å²) in [6, 6.07) is 8.02. The zero-order valence-corrected chi connectivity index (χ0v) is 11.3. The third-order valence-corrected chi connectivity index (χ3v) is 3.26. The van der Waals surface area contributed by atoms with Gasteiger partial charge in [0.05, 0.1) is 11.9 Å². The summed E-state index contributed by atoms with van der Waals surface area (Å²) in [5.41, 5.74) is 8.70. The van der Waals surface area contributed by atoms with E-state index < -0.39 is 0 Å². The minimum atomic E-state index is 0.293. The second-order valence-electron chi connectivity index (χ2n) is 4.69. The molecule has 0 aliphatic heterocycles. The van der Waals surface area contributed by atoms with E-state index in [1.807, 2.05) is 42.9 Å². The van der Waals surface area contributed by atoms with Gasteiger partial charge in [0.2, 0.25) is 5.95 Å². The molecule has 3 rings (SSSR count). The third-order valence-electron chi connectivity index (χ3n) is 3.26. The zero-order valence-electron chi connectivity index (χ0n) is 11.3. The lowest BCUT2D eigenvalue weighted by molar-refractivity contribution is 0.861. The fraction of sp³-hybridized carbons (Fsp3) is 0.214. The molecular formula is C14H16N6. The summed E-state index contributed by atoms with van der Waals surface area (Å²) in [7, 11) is 2.06. The van der Waals surface area contributed by atoms with Gasteiger partial charge in [-0.25, -0.2) is 4.52 Å². The van der Waals surface area contributed by atoms with Crippen LogP contribution in [0.3, 0.4) is 0 Å². The highest BCUT2D eigenvalue weighted by molar-refractivity contribution is 5.52. The van der Waals surface area contributed by atoms with Crippen LogP contribution in [0.15, 0.2) is 42.9 Å². The number of hydrogen-bond donors (Lipinski definition) is 1. The van der Waals surface area contributed by atoms with Gasteiger partial charge in [-0.2, -0.15) is 4.98 Å². The van der Waals surface area contributed by atoms with Gasteiger partial charge in [-0.15, -0.1) is 5.10 Å². The van der Waals surface area contributed by atoms with Crippen LogP contribution < -0.4 is 10.6 Å². The van der Waals surface area contributed by atoms with E-state index in [1.54, 1.807) is 4.52 Å². The molecule has 0 aromatic carbocycles. The Kier molecular flexibility index (Phi) is 3.20. The summed E-state index contributed by atoms with van der Waals surface area (Å²) in [6.07, 6.45) is 6.54. The monoisotopic (exact) mass is 268 g/mol. The maximum Gasteiger partial charge on any atom is 0.240 e. The van der Waals surface area contributed by atoms with Gasteiger partial charge >= 0.3 is 0 Å². The topological polar surface area (TPSA) is 72.3 Å². The maximum atomic E-state index is 5.59. The van der Waals surface area contributed by atoms with E-state index in [4.69, 9.17) is 5.73 Å². The minimum absolute atomic E-state index is 0.293. The van der Waals surface area contributed by atoms with Crippen molar-refractivity contribution < 1.29 is 0 Å². The number of aromatic nitrogens is 4. The SMILES string of the molecule is CN(CCc1ccncc1)c1ccc2nc(N)nn2c1. The Morgan fingerprint density at radius 2 is 2.00 bits per heavy atom. The molecule has 0 unspecified atom stereocenters. The molecule has 0 atom stereocenters. The highest BCUT2D eigenvalue weighted by Crippen LogP contribution is 2.14. The van der Waals surface area contributed by atoms with Gasteiger partial charge in [-0.05, 0) is 36.2 Å². The first kappa shape index (κ1) is 12.4. The van der Waals surface area contributed by atoms with Crippen LogP contribution in [0.1, 0.15) is 5.56 Å². The molecule has 0 aliphatic rings. The third kappa shape index (κ3) is 2.54. The van der Waals surface area contributed by atoms with Gasteiger partial charge in [0.15, 0.2) is 5.65 Å². The molecule has 3 heterocycles. The highest BCUT2D eigenvalue weighted by atomic mass is 15.3. The van der Waals surface area contributed by atoms with Crippen molar-refractivity contribution in [3.05, 3.63) is 48.4 Å². The van der Waals surface area contributed by atoms with E-state index in [0.29, 0.717) is 5.95 Å². The van der Waals surface area contributed by atoms with Crippen molar-refractivity contribution >= 4 is 17.3 Å². The zero-order chi connectivity index (χ0) is 13.9. The summed E-state index contributed by atoms with van der Waals surface area (Å²) < 4.78 is 1.70. The van der Waals surface area contributed by atoms with Crippen LogP contribution in [-0.2, 0) is 6.42 Å². The molecule has 0 saturated heterocycles. The molecule has 0 saturated carbocycles. The molecule has 3 aromatic rings. The normalized spacial score (nSPS) is 10.8. The van der Waals surface area contributed by atoms with Gasteiger partial charge in [0, 0.05) is 26.0 Å². The van der Waals surface area contributed by atoms with Crippen LogP contribution in [-0.4, -0.2) is 33.2 Å². The quantitative estimate of drug-likeness (QED) is 0.774. The van der Waals surface area contributed by atoms with Crippen molar-refractivity contribution in [1.29, 1.82) is 0 Å². The number of hydrogen-bond acceptors (Lipinski definition) is 5.